The van der Waals surface area contributed by atoms with Crippen molar-refractivity contribution in [2.75, 3.05) is 13.1 Å². The molecule has 8 heteroatoms. The number of hydrogen-bond donors (Lipinski definition) is 0. The van der Waals surface area contributed by atoms with Gasteiger partial charge < -0.3 is 4.57 Å². The predicted molar refractivity (Wildman–Crippen MR) is 147 cm³/mol. The van der Waals surface area contributed by atoms with Crippen molar-refractivity contribution in [1.29, 1.82) is 0 Å². The third kappa shape index (κ3) is 4.28. The van der Waals surface area contributed by atoms with Gasteiger partial charge in [-0.15, -0.1) is 11.3 Å². The molecule has 0 unspecified atom stereocenters. The molecule has 1 fully saturated rings. The van der Waals surface area contributed by atoms with E-state index in [0.717, 1.165) is 77.2 Å². The molecule has 1 aliphatic rings. The van der Waals surface area contributed by atoms with Gasteiger partial charge in [-0.1, -0.05) is 54.6 Å². The average molecular weight is 504 g/mol. The van der Waals surface area contributed by atoms with Crippen LogP contribution in [0.5, 0.6) is 0 Å². The summed E-state index contributed by atoms with van der Waals surface area (Å²) in [5.41, 5.74) is 9.05. The number of thiophene rings is 1. The second-order valence-electron chi connectivity index (χ2n) is 9.52. The Hall–Kier alpha value is -4.01. The first-order valence-corrected chi connectivity index (χ1v) is 13.5. The molecule has 0 N–H and O–H groups in total. The summed E-state index contributed by atoms with van der Waals surface area (Å²) >= 11 is 1.64. The number of rotatable bonds is 5. The summed E-state index contributed by atoms with van der Waals surface area (Å²) in [4.78, 5) is 25.5. The lowest BCUT2D eigenvalue weighted by Crippen LogP contribution is -2.34. The molecule has 0 radical (unpaired) electrons. The number of hydrogen-bond acceptors (Lipinski definition) is 7. The van der Waals surface area contributed by atoms with Crippen LogP contribution in [0.4, 0.5) is 0 Å². The van der Waals surface area contributed by atoms with Gasteiger partial charge in [-0.2, -0.15) is 0 Å². The normalized spacial score (nSPS) is 15.0. The van der Waals surface area contributed by atoms with Gasteiger partial charge in [0.15, 0.2) is 5.65 Å². The van der Waals surface area contributed by atoms with E-state index in [4.69, 9.17) is 9.97 Å². The van der Waals surface area contributed by atoms with E-state index in [1.165, 1.54) is 5.56 Å². The van der Waals surface area contributed by atoms with Gasteiger partial charge in [0.05, 0.1) is 23.9 Å². The molecule has 0 amide bonds. The topological polar surface area (TPSA) is 72.6 Å². The molecule has 182 valence electrons. The van der Waals surface area contributed by atoms with E-state index >= 15 is 0 Å². The summed E-state index contributed by atoms with van der Waals surface area (Å²) < 4.78 is 2.22. The first-order valence-electron chi connectivity index (χ1n) is 12.6. The fraction of sp³-hybridized carbons (Fsp3) is 0.207. The Kier molecular flexibility index (Phi) is 5.68. The zero-order valence-electron chi connectivity index (χ0n) is 20.2. The summed E-state index contributed by atoms with van der Waals surface area (Å²) in [7, 11) is 0. The third-order valence-corrected chi connectivity index (χ3v) is 7.90. The highest BCUT2D eigenvalue weighted by atomic mass is 32.1. The Balaban J connectivity index is 1.08. The molecule has 0 spiro atoms. The molecule has 7 nitrogen and oxygen atoms in total. The quantitative estimate of drug-likeness (QED) is 0.287. The van der Waals surface area contributed by atoms with Crippen molar-refractivity contribution in [3.8, 4) is 22.5 Å². The molecule has 4 aromatic heterocycles. The van der Waals surface area contributed by atoms with Crippen molar-refractivity contribution in [3.63, 3.8) is 0 Å². The van der Waals surface area contributed by atoms with Gasteiger partial charge >= 0.3 is 0 Å². The zero-order chi connectivity index (χ0) is 24.6. The largest absolute Gasteiger partial charge is 0.312 e. The average Bonchev–Trinajstić information content (AvgIpc) is 3.61. The van der Waals surface area contributed by atoms with Crippen LogP contribution in [0.25, 0.3) is 44.7 Å². The minimum absolute atomic E-state index is 0.431. The van der Waals surface area contributed by atoms with Crippen molar-refractivity contribution in [2.45, 2.75) is 25.4 Å². The molecule has 1 aliphatic heterocycles. The van der Waals surface area contributed by atoms with Crippen LogP contribution in [-0.4, -0.2) is 47.5 Å². The highest BCUT2D eigenvalue weighted by Gasteiger charge is 2.22. The third-order valence-electron chi connectivity index (χ3n) is 7.18. The first-order chi connectivity index (χ1) is 18.3. The molecular weight excluding hydrogens is 478 g/mol. The minimum Gasteiger partial charge on any atom is -0.312 e. The SMILES string of the molecule is c1ccc(-c2nc3cscc3nc2-c2ccc(CN3CCC(n4cnc5cncnc54)CC3)cc2)cc1. The fourth-order valence-corrected chi connectivity index (χ4v) is 5.90. The molecule has 1 saturated heterocycles. The molecule has 37 heavy (non-hydrogen) atoms. The van der Waals surface area contributed by atoms with Gasteiger partial charge in [0.2, 0.25) is 0 Å². The van der Waals surface area contributed by atoms with Gasteiger partial charge in [-0.05, 0) is 18.4 Å². The van der Waals surface area contributed by atoms with Crippen LogP contribution < -0.4 is 0 Å². The smallest absolute Gasteiger partial charge is 0.163 e. The first kappa shape index (κ1) is 22.2. The van der Waals surface area contributed by atoms with Crippen molar-refractivity contribution in [3.05, 3.63) is 89.8 Å². The number of piperidine rings is 1. The molecule has 2 aromatic carbocycles. The number of benzene rings is 2. The van der Waals surface area contributed by atoms with Crippen LogP contribution in [0, 0.1) is 0 Å². The van der Waals surface area contributed by atoms with Gasteiger partial charge in [0.25, 0.3) is 0 Å². The molecule has 6 aromatic rings. The van der Waals surface area contributed by atoms with Crippen molar-refractivity contribution >= 4 is 33.5 Å². The van der Waals surface area contributed by atoms with E-state index in [0.29, 0.717) is 6.04 Å². The van der Waals surface area contributed by atoms with Gasteiger partial charge in [0, 0.05) is 47.6 Å². The molecule has 5 heterocycles. The monoisotopic (exact) mass is 503 g/mol. The van der Waals surface area contributed by atoms with Crippen LogP contribution in [0.1, 0.15) is 24.4 Å². The van der Waals surface area contributed by atoms with E-state index in [9.17, 15) is 0 Å². The maximum absolute atomic E-state index is 5.00. The van der Waals surface area contributed by atoms with Crippen molar-refractivity contribution in [2.24, 2.45) is 0 Å². The van der Waals surface area contributed by atoms with Gasteiger partial charge in [0.1, 0.15) is 22.9 Å². The second kappa shape index (κ2) is 9.46. The van der Waals surface area contributed by atoms with Crippen LogP contribution in [-0.2, 0) is 6.54 Å². The number of nitrogens with zero attached hydrogens (tertiary/aromatic N) is 7. The summed E-state index contributed by atoms with van der Waals surface area (Å²) in [5.74, 6) is 0. The summed E-state index contributed by atoms with van der Waals surface area (Å²) in [6.07, 6.45) is 7.48. The maximum Gasteiger partial charge on any atom is 0.163 e. The number of likely N-dealkylation sites (tertiary alicyclic amines) is 1. The number of fused-ring (bicyclic) bond motifs is 2. The predicted octanol–water partition coefficient (Wildman–Crippen LogP) is 6.00. The fourth-order valence-electron chi connectivity index (χ4n) is 5.23. The Morgan fingerprint density at radius 2 is 1.49 bits per heavy atom. The lowest BCUT2D eigenvalue weighted by atomic mass is 10.0. The Bertz CT molecular complexity index is 1670. The Morgan fingerprint density at radius 3 is 2.22 bits per heavy atom. The summed E-state index contributed by atoms with van der Waals surface area (Å²) in [6, 6.07) is 19.6. The summed E-state index contributed by atoms with van der Waals surface area (Å²) in [5, 5.41) is 4.13. The summed E-state index contributed by atoms with van der Waals surface area (Å²) in [6.45, 7) is 3.05. The molecule has 0 aliphatic carbocycles. The second-order valence-corrected chi connectivity index (χ2v) is 10.3. The zero-order valence-corrected chi connectivity index (χ0v) is 21.1. The molecule has 0 bridgehead atoms. The van der Waals surface area contributed by atoms with E-state index < -0.39 is 0 Å². The Morgan fingerprint density at radius 1 is 0.784 bits per heavy atom. The van der Waals surface area contributed by atoms with Crippen LogP contribution in [0.3, 0.4) is 0 Å². The van der Waals surface area contributed by atoms with Crippen LogP contribution >= 0.6 is 11.3 Å². The van der Waals surface area contributed by atoms with Crippen molar-refractivity contribution < 1.29 is 0 Å². The molecule has 7 rings (SSSR count). The lowest BCUT2D eigenvalue weighted by molar-refractivity contribution is 0.181. The highest BCUT2D eigenvalue weighted by molar-refractivity contribution is 7.09. The molecule has 0 atom stereocenters. The van der Waals surface area contributed by atoms with Gasteiger partial charge in [-0.3, -0.25) is 4.90 Å². The number of aromatic nitrogens is 6. The highest BCUT2D eigenvalue weighted by Crippen LogP contribution is 2.32. The van der Waals surface area contributed by atoms with E-state index in [-0.39, 0.29) is 0 Å². The standard InChI is InChI=1S/C29H25N7S/c1-2-4-21(5-3-1)27-28(34-26-17-37-16-25(26)33-27)22-8-6-20(7-9-22)15-35-12-10-23(11-13-35)36-19-32-24-14-30-18-31-29(24)36/h1-9,14,16-19,23H,10-13,15H2. The Labute approximate surface area is 218 Å². The van der Waals surface area contributed by atoms with Crippen molar-refractivity contribution in [1.82, 2.24) is 34.4 Å². The number of imidazole rings is 1. The minimum atomic E-state index is 0.431. The molecule has 0 saturated carbocycles. The maximum atomic E-state index is 5.00. The van der Waals surface area contributed by atoms with E-state index in [2.05, 4.69) is 71.6 Å². The van der Waals surface area contributed by atoms with Crippen LogP contribution in [0.2, 0.25) is 0 Å². The van der Waals surface area contributed by atoms with Crippen LogP contribution in [0.15, 0.2) is 84.2 Å². The lowest BCUT2D eigenvalue weighted by Gasteiger charge is -2.32. The van der Waals surface area contributed by atoms with E-state index in [1.54, 1.807) is 23.9 Å². The van der Waals surface area contributed by atoms with Gasteiger partial charge in [-0.25, -0.2) is 24.9 Å². The molecular formula is C29H25N7S. The van der Waals surface area contributed by atoms with E-state index in [1.807, 2.05) is 24.5 Å².